The number of nitrogens with one attached hydrogen (secondary N) is 1. The fourth-order valence-electron chi connectivity index (χ4n) is 2.34. The molecule has 0 radical (unpaired) electrons. The third-order valence-electron chi connectivity index (χ3n) is 3.52. The molecule has 4 nitrogen and oxygen atoms in total. The summed E-state index contributed by atoms with van der Waals surface area (Å²) in [6.45, 7) is 7.75. The normalized spacial score (nSPS) is 11.8. The molecule has 0 aliphatic carbocycles. The molecule has 0 amide bonds. The van der Waals surface area contributed by atoms with E-state index in [0.29, 0.717) is 32.1 Å². The van der Waals surface area contributed by atoms with Gasteiger partial charge in [-0.1, -0.05) is 49.1 Å². The lowest BCUT2D eigenvalue weighted by molar-refractivity contribution is 0.174. The molecule has 4 heteroatoms. The lowest BCUT2D eigenvalue weighted by Crippen LogP contribution is -2.21. The van der Waals surface area contributed by atoms with E-state index in [-0.39, 0.29) is 0 Å². The summed E-state index contributed by atoms with van der Waals surface area (Å²) in [6, 6.07) is 15.5. The van der Waals surface area contributed by atoms with Gasteiger partial charge in [0.1, 0.15) is 6.61 Å². The summed E-state index contributed by atoms with van der Waals surface area (Å²) in [6.07, 6.45) is 1.18. The molecular formula is C20H25NO3. The van der Waals surface area contributed by atoms with E-state index in [1.54, 1.807) is 6.08 Å². The van der Waals surface area contributed by atoms with Gasteiger partial charge in [-0.05, 0) is 30.2 Å². The number of aliphatic hydroxyl groups is 1. The smallest absolute Gasteiger partial charge is 0.161 e. The second-order valence-corrected chi connectivity index (χ2v) is 5.37. The average molecular weight is 327 g/mol. The number of hydrogen-bond donors (Lipinski definition) is 2. The third kappa shape index (κ3) is 5.41. The van der Waals surface area contributed by atoms with Crippen LogP contribution in [0.25, 0.3) is 0 Å². The first-order valence-electron chi connectivity index (χ1n) is 8.17. The van der Waals surface area contributed by atoms with Gasteiger partial charge in [-0.2, -0.15) is 0 Å². The summed E-state index contributed by atoms with van der Waals surface area (Å²) >= 11 is 0. The van der Waals surface area contributed by atoms with Gasteiger partial charge in [-0.25, -0.2) is 0 Å². The average Bonchev–Trinajstić information content (AvgIpc) is 2.62. The van der Waals surface area contributed by atoms with Crippen molar-refractivity contribution >= 4 is 0 Å². The van der Waals surface area contributed by atoms with Crippen LogP contribution < -0.4 is 14.8 Å². The van der Waals surface area contributed by atoms with Crippen LogP contribution in [0, 0.1) is 0 Å². The maximum absolute atomic E-state index is 10.2. The van der Waals surface area contributed by atoms with Gasteiger partial charge in [-0.3, -0.25) is 0 Å². The predicted octanol–water partition coefficient (Wildman–Crippen LogP) is 3.47. The van der Waals surface area contributed by atoms with E-state index in [1.807, 2.05) is 55.5 Å². The molecule has 2 N–H and O–H groups in total. The zero-order valence-electron chi connectivity index (χ0n) is 14.1. The van der Waals surface area contributed by atoms with Crippen molar-refractivity contribution in [2.24, 2.45) is 0 Å². The van der Waals surface area contributed by atoms with E-state index in [4.69, 9.17) is 9.47 Å². The minimum Gasteiger partial charge on any atom is -0.490 e. The van der Waals surface area contributed by atoms with Crippen molar-refractivity contribution in [3.63, 3.8) is 0 Å². The fraction of sp³-hybridized carbons (Fsp3) is 0.300. The molecule has 2 aromatic carbocycles. The number of hydrogen-bond acceptors (Lipinski definition) is 4. The first-order valence-corrected chi connectivity index (χ1v) is 8.17. The SMILES string of the molecule is C=CCOc1ccc(CNC[C@@H](O)c2ccccc2)cc1OCC. The lowest BCUT2D eigenvalue weighted by atomic mass is 10.1. The highest BCUT2D eigenvalue weighted by atomic mass is 16.5. The maximum atomic E-state index is 10.2. The summed E-state index contributed by atoms with van der Waals surface area (Å²) in [5, 5.41) is 13.4. The van der Waals surface area contributed by atoms with Crippen LogP contribution in [0.4, 0.5) is 0 Å². The van der Waals surface area contributed by atoms with E-state index in [9.17, 15) is 5.11 Å². The summed E-state index contributed by atoms with van der Waals surface area (Å²) in [4.78, 5) is 0. The largest absolute Gasteiger partial charge is 0.490 e. The van der Waals surface area contributed by atoms with E-state index in [0.717, 1.165) is 16.9 Å². The molecule has 0 aliphatic heterocycles. The van der Waals surface area contributed by atoms with Gasteiger partial charge in [0.2, 0.25) is 0 Å². The lowest BCUT2D eigenvalue weighted by Gasteiger charge is -2.14. The Hall–Kier alpha value is -2.30. The van der Waals surface area contributed by atoms with Gasteiger partial charge in [0.25, 0.3) is 0 Å². The Balaban J connectivity index is 1.92. The number of rotatable bonds is 10. The Labute approximate surface area is 143 Å². The highest BCUT2D eigenvalue weighted by molar-refractivity contribution is 5.43. The second kappa shape index (κ2) is 9.75. The van der Waals surface area contributed by atoms with E-state index < -0.39 is 6.10 Å². The molecule has 24 heavy (non-hydrogen) atoms. The van der Waals surface area contributed by atoms with Gasteiger partial charge >= 0.3 is 0 Å². The minimum absolute atomic E-state index is 0.445. The van der Waals surface area contributed by atoms with Gasteiger partial charge < -0.3 is 19.9 Å². The summed E-state index contributed by atoms with van der Waals surface area (Å²) < 4.78 is 11.2. The van der Waals surface area contributed by atoms with Crippen molar-refractivity contribution in [2.45, 2.75) is 19.6 Å². The van der Waals surface area contributed by atoms with Crippen LogP contribution in [-0.2, 0) is 6.54 Å². The fourth-order valence-corrected chi connectivity index (χ4v) is 2.34. The Bertz CT molecular complexity index is 628. The van der Waals surface area contributed by atoms with E-state index in [1.165, 1.54) is 0 Å². The number of ether oxygens (including phenoxy) is 2. The number of aliphatic hydroxyl groups excluding tert-OH is 1. The zero-order chi connectivity index (χ0) is 17.2. The van der Waals surface area contributed by atoms with Crippen molar-refractivity contribution < 1.29 is 14.6 Å². The highest BCUT2D eigenvalue weighted by Gasteiger charge is 2.08. The van der Waals surface area contributed by atoms with Crippen molar-refractivity contribution in [3.8, 4) is 11.5 Å². The second-order valence-electron chi connectivity index (χ2n) is 5.37. The minimum atomic E-state index is -0.521. The first kappa shape index (κ1) is 18.0. The Morgan fingerprint density at radius 2 is 1.92 bits per heavy atom. The molecule has 0 spiro atoms. The van der Waals surface area contributed by atoms with Gasteiger partial charge in [0.15, 0.2) is 11.5 Å². The van der Waals surface area contributed by atoms with E-state index in [2.05, 4.69) is 11.9 Å². The van der Waals surface area contributed by atoms with Crippen LogP contribution in [-0.4, -0.2) is 24.9 Å². The molecule has 0 unspecified atom stereocenters. The molecule has 0 saturated heterocycles. The van der Waals surface area contributed by atoms with Crippen LogP contribution in [0.5, 0.6) is 11.5 Å². The van der Waals surface area contributed by atoms with Crippen molar-refractivity contribution in [3.05, 3.63) is 72.3 Å². The van der Waals surface area contributed by atoms with Crippen LogP contribution in [0.15, 0.2) is 61.2 Å². The maximum Gasteiger partial charge on any atom is 0.161 e. The zero-order valence-corrected chi connectivity index (χ0v) is 14.1. The van der Waals surface area contributed by atoms with Gasteiger partial charge in [-0.15, -0.1) is 0 Å². The van der Waals surface area contributed by atoms with Crippen molar-refractivity contribution in [1.29, 1.82) is 0 Å². The molecule has 128 valence electrons. The molecule has 0 bridgehead atoms. The summed E-state index contributed by atoms with van der Waals surface area (Å²) in [5.41, 5.74) is 1.98. The molecular weight excluding hydrogens is 302 g/mol. The highest BCUT2D eigenvalue weighted by Crippen LogP contribution is 2.28. The van der Waals surface area contributed by atoms with E-state index >= 15 is 0 Å². The molecule has 2 aromatic rings. The van der Waals surface area contributed by atoms with Crippen LogP contribution >= 0.6 is 0 Å². The molecule has 0 saturated carbocycles. The first-order chi connectivity index (χ1) is 11.7. The van der Waals surface area contributed by atoms with Crippen molar-refractivity contribution in [2.75, 3.05) is 19.8 Å². The Kier molecular flexibility index (Phi) is 7.33. The van der Waals surface area contributed by atoms with Crippen LogP contribution in [0.2, 0.25) is 0 Å². The Morgan fingerprint density at radius 3 is 2.62 bits per heavy atom. The molecule has 1 atom stereocenters. The van der Waals surface area contributed by atoms with Gasteiger partial charge in [0.05, 0.1) is 12.7 Å². The third-order valence-corrected chi connectivity index (χ3v) is 3.52. The van der Waals surface area contributed by atoms with Crippen LogP contribution in [0.1, 0.15) is 24.2 Å². The van der Waals surface area contributed by atoms with Gasteiger partial charge in [0, 0.05) is 13.1 Å². The molecule has 2 rings (SSSR count). The topological polar surface area (TPSA) is 50.7 Å². The molecule has 0 fully saturated rings. The molecule has 0 aromatic heterocycles. The summed E-state index contributed by atoms with van der Waals surface area (Å²) in [7, 11) is 0. The standard InChI is InChI=1S/C20H25NO3/c1-3-12-24-19-11-10-16(13-20(19)23-4-2)14-21-15-18(22)17-8-6-5-7-9-17/h3,5-11,13,18,21-22H,1,4,12,14-15H2,2H3/t18-/m1/s1. The monoisotopic (exact) mass is 327 g/mol. The predicted molar refractivity (Wildman–Crippen MR) is 96.4 cm³/mol. The molecule has 0 heterocycles. The summed E-state index contributed by atoms with van der Waals surface area (Å²) in [5.74, 6) is 1.44. The number of benzene rings is 2. The van der Waals surface area contributed by atoms with Crippen molar-refractivity contribution in [1.82, 2.24) is 5.32 Å². The van der Waals surface area contributed by atoms with Crippen LogP contribution in [0.3, 0.4) is 0 Å². The quantitative estimate of drug-likeness (QED) is 0.656. The Morgan fingerprint density at radius 1 is 1.12 bits per heavy atom. The molecule has 0 aliphatic rings.